The lowest BCUT2D eigenvalue weighted by Gasteiger charge is -2.26. The molecule has 0 N–H and O–H groups in total. The first-order valence-electron chi connectivity index (χ1n) is 7.88. The molecule has 0 aliphatic carbocycles. The third-order valence-electron chi connectivity index (χ3n) is 3.39. The number of carbonyl (C=O) groups excluding carboxylic acids is 1. The molecular formula is C16H30O4. The van der Waals surface area contributed by atoms with Crippen LogP contribution in [0, 0.1) is 17.8 Å². The summed E-state index contributed by atoms with van der Waals surface area (Å²) in [6.45, 7) is 9.90. The second kappa shape index (κ2) is 9.35. The average molecular weight is 286 g/mol. The van der Waals surface area contributed by atoms with Crippen LogP contribution in [0.25, 0.3) is 0 Å². The maximum absolute atomic E-state index is 11.6. The van der Waals surface area contributed by atoms with Crippen LogP contribution in [-0.4, -0.2) is 32.1 Å². The summed E-state index contributed by atoms with van der Waals surface area (Å²) in [6, 6.07) is 0. The van der Waals surface area contributed by atoms with E-state index in [1.165, 1.54) is 6.42 Å². The van der Waals surface area contributed by atoms with Crippen LogP contribution in [0.15, 0.2) is 0 Å². The van der Waals surface area contributed by atoms with E-state index in [9.17, 15) is 4.79 Å². The van der Waals surface area contributed by atoms with Crippen LogP contribution in [-0.2, 0) is 19.0 Å². The Morgan fingerprint density at radius 2 is 1.95 bits per heavy atom. The highest BCUT2D eigenvalue weighted by molar-refractivity contribution is 5.71. The molecule has 0 aromatic heterocycles. The molecule has 118 valence electrons. The molecule has 1 aliphatic heterocycles. The van der Waals surface area contributed by atoms with Crippen molar-refractivity contribution < 1.29 is 19.0 Å². The summed E-state index contributed by atoms with van der Waals surface area (Å²) in [6.07, 6.45) is 4.20. The minimum Gasteiger partial charge on any atom is -0.465 e. The van der Waals surface area contributed by atoms with E-state index in [-0.39, 0.29) is 24.1 Å². The molecule has 1 saturated heterocycles. The predicted octanol–water partition coefficient (Wildman–Crippen LogP) is 3.39. The van der Waals surface area contributed by atoms with Crippen LogP contribution in [0.2, 0.25) is 0 Å². The average Bonchev–Trinajstić information content (AvgIpc) is 2.42. The Labute approximate surface area is 123 Å². The molecule has 2 unspecified atom stereocenters. The molecule has 2 atom stereocenters. The topological polar surface area (TPSA) is 44.8 Å². The van der Waals surface area contributed by atoms with Crippen LogP contribution >= 0.6 is 0 Å². The Morgan fingerprint density at radius 3 is 2.50 bits per heavy atom. The largest absolute Gasteiger partial charge is 0.465 e. The highest BCUT2D eigenvalue weighted by atomic mass is 16.7. The summed E-state index contributed by atoms with van der Waals surface area (Å²) in [5.41, 5.74) is 0. The van der Waals surface area contributed by atoms with E-state index in [4.69, 9.17) is 14.2 Å². The fourth-order valence-corrected chi connectivity index (χ4v) is 2.30. The summed E-state index contributed by atoms with van der Waals surface area (Å²) in [5.74, 6) is 0.613. The van der Waals surface area contributed by atoms with Gasteiger partial charge in [-0.05, 0) is 31.6 Å². The van der Waals surface area contributed by atoms with Crippen LogP contribution in [0.5, 0.6) is 0 Å². The maximum Gasteiger partial charge on any atom is 0.308 e. The molecule has 0 saturated carbocycles. The smallest absolute Gasteiger partial charge is 0.308 e. The van der Waals surface area contributed by atoms with Crippen molar-refractivity contribution in [2.45, 2.75) is 59.7 Å². The van der Waals surface area contributed by atoms with Crippen molar-refractivity contribution in [3.05, 3.63) is 0 Å². The van der Waals surface area contributed by atoms with E-state index in [0.717, 1.165) is 25.9 Å². The van der Waals surface area contributed by atoms with Gasteiger partial charge in [-0.3, -0.25) is 4.79 Å². The second-order valence-electron chi connectivity index (χ2n) is 6.41. The van der Waals surface area contributed by atoms with E-state index in [1.54, 1.807) is 0 Å². The monoisotopic (exact) mass is 286 g/mol. The third kappa shape index (κ3) is 7.25. The number of hydrogen-bond acceptors (Lipinski definition) is 4. The van der Waals surface area contributed by atoms with Crippen LogP contribution in [0.3, 0.4) is 0 Å². The zero-order valence-corrected chi connectivity index (χ0v) is 13.4. The van der Waals surface area contributed by atoms with Crippen LogP contribution < -0.4 is 0 Å². The van der Waals surface area contributed by atoms with Gasteiger partial charge in [0.15, 0.2) is 6.29 Å². The summed E-state index contributed by atoms with van der Waals surface area (Å²) in [7, 11) is 0. The maximum atomic E-state index is 11.6. The second-order valence-corrected chi connectivity index (χ2v) is 6.41. The van der Waals surface area contributed by atoms with Gasteiger partial charge in [-0.2, -0.15) is 0 Å². The first-order chi connectivity index (χ1) is 9.49. The molecule has 0 radical (unpaired) electrons. The molecule has 0 spiro atoms. The molecule has 0 bridgehead atoms. The van der Waals surface area contributed by atoms with Gasteiger partial charge in [0.25, 0.3) is 0 Å². The molecule has 1 heterocycles. The van der Waals surface area contributed by atoms with Gasteiger partial charge in [0.2, 0.25) is 0 Å². The Bertz CT molecular complexity index is 270. The van der Waals surface area contributed by atoms with Crippen molar-refractivity contribution in [1.82, 2.24) is 0 Å². The van der Waals surface area contributed by atoms with E-state index < -0.39 is 0 Å². The highest BCUT2D eigenvalue weighted by Crippen LogP contribution is 2.18. The van der Waals surface area contributed by atoms with Crippen LogP contribution in [0.1, 0.15) is 53.4 Å². The standard InChI is InChI=1S/C16H30O4/c1-12(2)9-14(11-20-16(17)13(3)4)10-19-15-7-5-6-8-18-15/h12-15H,5-11H2,1-4H3. The molecular weight excluding hydrogens is 256 g/mol. The first-order valence-corrected chi connectivity index (χ1v) is 7.88. The van der Waals surface area contributed by atoms with Gasteiger partial charge in [-0.15, -0.1) is 0 Å². The zero-order valence-electron chi connectivity index (χ0n) is 13.4. The lowest BCUT2D eigenvalue weighted by molar-refractivity contribution is -0.174. The van der Waals surface area contributed by atoms with Gasteiger partial charge in [-0.1, -0.05) is 27.7 Å². The molecule has 1 fully saturated rings. The Kier molecular flexibility index (Phi) is 8.15. The number of ether oxygens (including phenoxy) is 3. The normalized spacial score (nSPS) is 21.2. The first kappa shape index (κ1) is 17.4. The molecule has 4 nitrogen and oxygen atoms in total. The van der Waals surface area contributed by atoms with Crippen molar-refractivity contribution in [3.8, 4) is 0 Å². The molecule has 1 aliphatic rings. The number of esters is 1. The summed E-state index contributed by atoms with van der Waals surface area (Å²) >= 11 is 0. The van der Waals surface area contributed by atoms with Gasteiger partial charge < -0.3 is 14.2 Å². The van der Waals surface area contributed by atoms with Gasteiger partial charge in [0, 0.05) is 12.5 Å². The van der Waals surface area contributed by atoms with Gasteiger partial charge in [0.05, 0.1) is 19.1 Å². The van der Waals surface area contributed by atoms with Crippen molar-refractivity contribution in [2.24, 2.45) is 17.8 Å². The number of hydrogen-bond donors (Lipinski definition) is 0. The Balaban J connectivity index is 2.32. The Morgan fingerprint density at radius 1 is 1.20 bits per heavy atom. The predicted molar refractivity (Wildman–Crippen MR) is 78.3 cm³/mol. The van der Waals surface area contributed by atoms with Gasteiger partial charge in [0.1, 0.15) is 0 Å². The van der Waals surface area contributed by atoms with E-state index >= 15 is 0 Å². The van der Waals surface area contributed by atoms with Gasteiger partial charge in [-0.25, -0.2) is 0 Å². The summed E-state index contributed by atoms with van der Waals surface area (Å²) in [5, 5.41) is 0. The Hall–Kier alpha value is -0.610. The molecule has 1 rings (SSSR count). The zero-order chi connectivity index (χ0) is 15.0. The molecule has 20 heavy (non-hydrogen) atoms. The van der Waals surface area contributed by atoms with Crippen molar-refractivity contribution in [1.29, 1.82) is 0 Å². The molecule has 4 heteroatoms. The quantitative estimate of drug-likeness (QED) is 0.642. The minimum atomic E-state index is -0.132. The molecule has 0 aromatic carbocycles. The van der Waals surface area contributed by atoms with Gasteiger partial charge >= 0.3 is 5.97 Å². The van der Waals surface area contributed by atoms with Crippen molar-refractivity contribution in [2.75, 3.05) is 19.8 Å². The van der Waals surface area contributed by atoms with E-state index in [1.807, 2.05) is 13.8 Å². The number of rotatable bonds is 8. The fourth-order valence-electron chi connectivity index (χ4n) is 2.30. The van der Waals surface area contributed by atoms with Crippen LogP contribution in [0.4, 0.5) is 0 Å². The van der Waals surface area contributed by atoms with Crippen molar-refractivity contribution >= 4 is 5.97 Å². The fraction of sp³-hybridized carbons (Fsp3) is 0.938. The summed E-state index contributed by atoms with van der Waals surface area (Å²) in [4.78, 5) is 11.6. The lowest BCUT2D eigenvalue weighted by Crippen LogP contribution is -2.28. The van der Waals surface area contributed by atoms with Crippen molar-refractivity contribution in [3.63, 3.8) is 0 Å². The third-order valence-corrected chi connectivity index (χ3v) is 3.39. The molecule has 0 amide bonds. The van der Waals surface area contributed by atoms with E-state index in [0.29, 0.717) is 19.1 Å². The highest BCUT2D eigenvalue weighted by Gasteiger charge is 2.20. The van der Waals surface area contributed by atoms with E-state index in [2.05, 4.69) is 13.8 Å². The number of carbonyl (C=O) groups is 1. The lowest BCUT2D eigenvalue weighted by atomic mass is 9.98. The SMILES string of the molecule is CC(C)CC(COC(=O)C(C)C)COC1CCCCO1. The molecule has 0 aromatic rings. The summed E-state index contributed by atoms with van der Waals surface area (Å²) < 4.78 is 16.7. The minimum absolute atomic E-state index is 0.0702.